The summed E-state index contributed by atoms with van der Waals surface area (Å²) in [6.45, 7) is 1.54. The number of nitrogens with zero attached hydrogens (tertiary/aromatic N) is 2. The minimum Gasteiger partial charge on any atom is -0.454 e. The molecule has 3 aliphatic carbocycles. The molecule has 4 bridgehead atoms. The van der Waals surface area contributed by atoms with E-state index in [0.717, 1.165) is 31.4 Å². The quantitative estimate of drug-likeness (QED) is 0.607. The van der Waals surface area contributed by atoms with Crippen molar-refractivity contribution in [2.24, 2.45) is 11.3 Å². The number of fused-ring (bicyclic) bond motifs is 4. The Kier molecular flexibility index (Phi) is 2.82. The Bertz CT molecular complexity index is 1140. The molecule has 3 saturated heterocycles. The van der Waals surface area contributed by atoms with E-state index in [1.54, 1.807) is 4.90 Å². The number of benzene rings is 1. The van der Waals surface area contributed by atoms with Gasteiger partial charge in [0.25, 0.3) is 0 Å². The number of carbonyl (C=O) groups is 2. The lowest BCUT2D eigenvalue weighted by Crippen LogP contribution is -2.88. The van der Waals surface area contributed by atoms with Gasteiger partial charge in [0, 0.05) is 19.0 Å². The molecule has 32 heavy (non-hydrogen) atoms. The zero-order valence-corrected chi connectivity index (χ0v) is 17.8. The van der Waals surface area contributed by atoms with Crippen molar-refractivity contribution in [2.75, 3.05) is 31.9 Å². The molecule has 9 rings (SSSR count). The monoisotopic (exact) mass is 440 g/mol. The van der Waals surface area contributed by atoms with Crippen molar-refractivity contribution >= 4 is 17.7 Å². The molecule has 1 N–H and O–H groups in total. The fourth-order valence-electron chi connectivity index (χ4n) is 9.34. The second-order valence-electron chi connectivity index (χ2n) is 10.5. The number of hydrogen-bond acceptors (Lipinski definition) is 8. The van der Waals surface area contributed by atoms with Crippen molar-refractivity contribution in [2.45, 2.75) is 54.9 Å². The first kappa shape index (κ1) is 18.0. The van der Waals surface area contributed by atoms with E-state index in [4.69, 9.17) is 18.9 Å². The van der Waals surface area contributed by atoms with Gasteiger partial charge in [0.2, 0.25) is 12.6 Å². The van der Waals surface area contributed by atoms with E-state index >= 15 is 0 Å². The number of esters is 1. The summed E-state index contributed by atoms with van der Waals surface area (Å²) in [6, 6.07) is 3.89. The van der Waals surface area contributed by atoms with Gasteiger partial charge in [-0.1, -0.05) is 6.07 Å². The summed E-state index contributed by atoms with van der Waals surface area (Å²) in [7, 11) is 1.34. The number of methoxy groups -OCH3 is 1. The number of ether oxygens (including phenoxy) is 4. The molecule has 0 aromatic heterocycles. The highest BCUT2D eigenvalue weighted by atomic mass is 16.7. The van der Waals surface area contributed by atoms with Crippen LogP contribution in [0.1, 0.15) is 37.7 Å². The standard InChI is InChI=1S/C23H24N2O7/c1-29-19(27)25-15-12(3-4-14-16(15)31-11-30-14)23-13-9-24-8-2-5-20(18(23)24)6-7-21(23,25)22(28,10-20)32-17(13)26/h3-4,13,18,28H,2,5-11H2,1H3/t13-,18+,20-,21-,22-,23+/m1/s1. The van der Waals surface area contributed by atoms with Crippen LogP contribution in [0.5, 0.6) is 11.5 Å². The Morgan fingerprint density at radius 2 is 2.12 bits per heavy atom. The first-order chi connectivity index (χ1) is 15.4. The lowest BCUT2D eigenvalue weighted by Gasteiger charge is -2.73. The van der Waals surface area contributed by atoms with E-state index in [-0.39, 0.29) is 24.2 Å². The van der Waals surface area contributed by atoms with Gasteiger partial charge in [-0.15, -0.1) is 0 Å². The number of carbonyl (C=O) groups excluding carboxylic acids is 2. The molecular weight excluding hydrogens is 416 g/mol. The second kappa shape index (κ2) is 5.02. The third kappa shape index (κ3) is 1.44. The Morgan fingerprint density at radius 3 is 2.97 bits per heavy atom. The van der Waals surface area contributed by atoms with Gasteiger partial charge in [-0.25, -0.2) is 4.79 Å². The Balaban J connectivity index is 1.55. The molecule has 6 fully saturated rings. The van der Waals surface area contributed by atoms with E-state index in [0.29, 0.717) is 36.6 Å². The normalized spacial score (nSPS) is 46.1. The lowest BCUT2D eigenvalue weighted by atomic mass is 9.37. The Labute approximate surface area is 184 Å². The smallest absolute Gasteiger partial charge is 0.414 e. The van der Waals surface area contributed by atoms with Gasteiger partial charge in [0.05, 0.1) is 24.1 Å². The molecule has 5 heterocycles. The highest BCUT2D eigenvalue weighted by molar-refractivity contribution is 6.00. The van der Waals surface area contributed by atoms with Gasteiger partial charge < -0.3 is 24.1 Å². The molecule has 6 atom stereocenters. The number of anilines is 1. The summed E-state index contributed by atoms with van der Waals surface area (Å²) in [5.74, 6) is -1.60. The maximum absolute atomic E-state index is 13.5. The topological polar surface area (TPSA) is 97.8 Å². The number of piperidine rings is 1. The molecule has 9 nitrogen and oxygen atoms in total. The summed E-state index contributed by atoms with van der Waals surface area (Å²) in [5, 5.41) is 12.2. The van der Waals surface area contributed by atoms with Crippen LogP contribution in [-0.2, 0) is 19.7 Å². The zero-order chi connectivity index (χ0) is 21.7. The molecule has 1 aromatic carbocycles. The number of amides is 1. The fraction of sp³-hybridized carbons (Fsp3) is 0.652. The third-order valence-electron chi connectivity index (χ3n) is 9.85. The number of aliphatic hydroxyl groups is 1. The van der Waals surface area contributed by atoms with Gasteiger partial charge in [0.15, 0.2) is 11.5 Å². The molecule has 5 aliphatic heterocycles. The van der Waals surface area contributed by atoms with Crippen LogP contribution in [-0.4, -0.2) is 66.4 Å². The van der Waals surface area contributed by atoms with Gasteiger partial charge in [-0.3, -0.25) is 14.6 Å². The first-order valence-electron chi connectivity index (χ1n) is 11.4. The maximum Gasteiger partial charge on any atom is 0.414 e. The van der Waals surface area contributed by atoms with Crippen molar-refractivity contribution in [3.05, 3.63) is 17.7 Å². The van der Waals surface area contributed by atoms with E-state index < -0.39 is 28.8 Å². The summed E-state index contributed by atoms with van der Waals surface area (Å²) in [6.07, 6.45) is 3.18. The SMILES string of the molecule is COC(=O)N1c2c(ccc3c2OCO3)[C@@]23[C@@H]4CN5CCC[C@]6(CC[C@]12[C@@](O)(C6)OC4=O)[C@H]53. The van der Waals surface area contributed by atoms with Crippen molar-refractivity contribution in [3.8, 4) is 11.5 Å². The molecule has 0 unspecified atom stereocenters. The van der Waals surface area contributed by atoms with E-state index in [1.807, 2.05) is 12.1 Å². The summed E-state index contributed by atoms with van der Waals surface area (Å²) < 4.78 is 22.8. The second-order valence-corrected chi connectivity index (χ2v) is 10.5. The van der Waals surface area contributed by atoms with Gasteiger partial charge in [0.1, 0.15) is 5.54 Å². The molecule has 0 radical (unpaired) electrons. The van der Waals surface area contributed by atoms with E-state index in [2.05, 4.69) is 4.90 Å². The van der Waals surface area contributed by atoms with E-state index in [9.17, 15) is 14.7 Å². The van der Waals surface area contributed by atoms with E-state index in [1.165, 1.54) is 7.11 Å². The maximum atomic E-state index is 13.5. The summed E-state index contributed by atoms with van der Waals surface area (Å²) >= 11 is 0. The van der Waals surface area contributed by atoms with Crippen molar-refractivity contribution in [1.29, 1.82) is 0 Å². The van der Waals surface area contributed by atoms with Crippen LogP contribution in [0.4, 0.5) is 10.5 Å². The Hall–Kier alpha value is -2.52. The predicted octanol–water partition coefficient (Wildman–Crippen LogP) is 1.50. The average Bonchev–Trinajstić information content (AvgIpc) is 3.45. The first-order valence-corrected chi connectivity index (χ1v) is 11.4. The van der Waals surface area contributed by atoms with Crippen LogP contribution >= 0.6 is 0 Å². The van der Waals surface area contributed by atoms with Crippen LogP contribution < -0.4 is 14.4 Å². The van der Waals surface area contributed by atoms with Crippen LogP contribution in [0.15, 0.2) is 12.1 Å². The van der Waals surface area contributed by atoms with Crippen molar-refractivity contribution < 1.29 is 33.6 Å². The minimum absolute atomic E-state index is 0.0457. The van der Waals surface area contributed by atoms with Crippen LogP contribution in [0.2, 0.25) is 0 Å². The van der Waals surface area contributed by atoms with Crippen LogP contribution in [0.3, 0.4) is 0 Å². The van der Waals surface area contributed by atoms with Crippen LogP contribution in [0, 0.1) is 11.3 Å². The summed E-state index contributed by atoms with van der Waals surface area (Å²) in [4.78, 5) is 31.0. The molecule has 9 heteroatoms. The number of hydrogen-bond donors (Lipinski definition) is 1. The fourth-order valence-corrected chi connectivity index (χ4v) is 9.34. The number of rotatable bonds is 0. The van der Waals surface area contributed by atoms with Gasteiger partial charge >= 0.3 is 12.1 Å². The molecule has 8 aliphatic rings. The summed E-state index contributed by atoms with van der Waals surface area (Å²) in [5.41, 5.74) is -0.639. The predicted molar refractivity (Wildman–Crippen MR) is 107 cm³/mol. The Morgan fingerprint density at radius 1 is 1.25 bits per heavy atom. The molecule has 1 amide bonds. The molecular formula is C23H24N2O7. The molecule has 3 spiro atoms. The third-order valence-corrected chi connectivity index (χ3v) is 9.85. The van der Waals surface area contributed by atoms with Gasteiger partial charge in [-0.05, 0) is 49.3 Å². The minimum atomic E-state index is -1.79. The molecule has 3 saturated carbocycles. The van der Waals surface area contributed by atoms with Crippen molar-refractivity contribution in [1.82, 2.24) is 4.90 Å². The molecule has 168 valence electrons. The van der Waals surface area contributed by atoms with Crippen molar-refractivity contribution in [3.63, 3.8) is 0 Å². The van der Waals surface area contributed by atoms with Gasteiger partial charge in [-0.2, -0.15) is 0 Å². The zero-order valence-electron chi connectivity index (χ0n) is 17.8. The lowest BCUT2D eigenvalue weighted by molar-refractivity contribution is -0.334. The largest absolute Gasteiger partial charge is 0.454 e. The molecule has 1 aromatic rings. The van der Waals surface area contributed by atoms with Crippen LogP contribution in [0.25, 0.3) is 0 Å². The highest BCUT2D eigenvalue weighted by Gasteiger charge is 2.91. The highest BCUT2D eigenvalue weighted by Crippen LogP contribution is 2.80. The average molecular weight is 440 g/mol.